The highest BCUT2D eigenvalue weighted by molar-refractivity contribution is 5.92. The Morgan fingerprint density at radius 1 is 1.00 bits per heavy atom. The lowest BCUT2D eigenvalue weighted by Crippen LogP contribution is -2.31. The van der Waals surface area contributed by atoms with Crippen LogP contribution in [0.1, 0.15) is 22.0 Å². The minimum Gasteiger partial charge on any atom is -0.508 e. The molecule has 1 amide bonds. The molecule has 0 aliphatic rings. The number of benzene rings is 2. The van der Waals surface area contributed by atoms with Gasteiger partial charge in [0.15, 0.2) is 0 Å². The number of aromatic hydroxyl groups is 1. The van der Waals surface area contributed by atoms with Crippen molar-refractivity contribution in [3.63, 3.8) is 0 Å². The minimum absolute atomic E-state index is 0.0560. The summed E-state index contributed by atoms with van der Waals surface area (Å²) in [7, 11) is 3.21. The van der Waals surface area contributed by atoms with Crippen molar-refractivity contribution in [2.24, 2.45) is 0 Å². The first-order valence-electron chi connectivity index (χ1n) is 6.75. The van der Waals surface area contributed by atoms with Crippen molar-refractivity contribution in [3.05, 3.63) is 65.7 Å². The number of phenols is 1. The van der Waals surface area contributed by atoms with Crippen molar-refractivity contribution in [1.29, 1.82) is 0 Å². The first kappa shape index (κ1) is 15.6. The predicted octanol–water partition coefficient (Wildman–Crippen LogP) is 2.38. The lowest BCUT2D eigenvalue weighted by Gasteiger charge is -2.21. The molecular formula is C17H17NO4. The Kier molecular flexibility index (Phi) is 4.78. The summed E-state index contributed by atoms with van der Waals surface area (Å²) in [6, 6.07) is 14.5. The maximum absolute atomic E-state index is 12.3. The van der Waals surface area contributed by atoms with Crippen molar-refractivity contribution in [2.45, 2.75) is 6.10 Å². The molecule has 2 aromatic rings. The van der Waals surface area contributed by atoms with Gasteiger partial charge in [-0.1, -0.05) is 30.3 Å². The van der Waals surface area contributed by atoms with Crippen LogP contribution in [0.3, 0.4) is 0 Å². The van der Waals surface area contributed by atoms with Gasteiger partial charge in [0.05, 0.1) is 5.56 Å². The molecule has 2 aromatic carbocycles. The summed E-state index contributed by atoms with van der Waals surface area (Å²) < 4.78 is 5.37. The number of amides is 1. The maximum atomic E-state index is 12.3. The van der Waals surface area contributed by atoms with Crippen LogP contribution < -0.4 is 0 Å². The van der Waals surface area contributed by atoms with Crippen molar-refractivity contribution in [1.82, 2.24) is 4.90 Å². The Hall–Kier alpha value is -2.82. The first-order valence-corrected chi connectivity index (χ1v) is 6.75. The molecule has 0 fully saturated rings. The summed E-state index contributed by atoms with van der Waals surface area (Å²) in [5.41, 5.74) is 0.874. The summed E-state index contributed by atoms with van der Waals surface area (Å²) in [6.45, 7) is 0. The molecule has 2 rings (SSSR count). The molecule has 0 bridgehead atoms. The highest BCUT2D eigenvalue weighted by atomic mass is 16.5. The Labute approximate surface area is 128 Å². The van der Waals surface area contributed by atoms with Gasteiger partial charge in [0.1, 0.15) is 5.75 Å². The molecule has 1 atom stereocenters. The van der Waals surface area contributed by atoms with Crippen LogP contribution in [0.25, 0.3) is 0 Å². The fourth-order valence-corrected chi connectivity index (χ4v) is 1.90. The van der Waals surface area contributed by atoms with Crippen LogP contribution in [0.5, 0.6) is 5.75 Å². The third kappa shape index (κ3) is 3.63. The number of esters is 1. The molecular weight excluding hydrogens is 282 g/mol. The van der Waals surface area contributed by atoms with Crippen LogP contribution in [0.2, 0.25) is 0 Å². The molecule has 0 spiro atoms. The van der Waals surface area contributed by atoms with Gasteiger partial charge >= 0.3 is 5.97 Å². The topological polar surface area (TPSA) is 66.8 Å². The van der Waals surface area contributed by atoms with Crippen LogP contribution >= 0.6 is 0 Å². The van der Waals surface area contributed by atoms with Crippen molar-refractivity contribution < 1.29 is 19.4 Å². The zero-order chi connectivity index (χ0) is 16.1. The van der Waals surface area contributed by atoms with Gasteiger partial charge in [-0.15, -0.1) is 0 Å². The Morgan fingerprint density at radius 3 is 2.14 bits per heavy atom. The van der Waals surface area contributed by atoms with E-state index in [1.165, 1.54) is 29.2 Å². The molecule has 0 heterocycles. The number of rotatable bonds is 4. The Morgan fingerprint density at radius 2 is 1.59 bits per heavy atom. The standard InChI is InChI=1S/C17H17NO4/c1-18(2)16(20)15(12-6-4-3-5-7-12)22-17(21)13-8-10-14(19)11-9-13/h3-11,15,19H,1-2H3. The van der Waals surface area contributed by atoms with E-state index < -0.39 is 12.1 Å². The number of hydrogen-bond acceptors (Lipinski definition) is 4. The second kappa shape index (κ2) is 6.76. The summed E-state index contributed by atoms with van der Waals surface area (Å²) in [6.07, 6.45) is -1.00. The van der Waals surface area contributed by atoms with E-state index in [0.29, 0.717) is 5.56 Å². The van der Waals surface area contributed by atoms with Crippen LogP contribution in [0, 0.1) is 0 Å². The Bertz CT molecular complexity index is 650. The minimum atomic E-state index is -1.00. The van der Waals surface area contributed by atoms with Crippen molar-refractivity contribution >= 4 is 11.9 Å². The molecule has 0 saturated carbocycles. The molecule has 0 aliphatic carbocycles. The van der Waals surface area contributed by atoms with Crippen molar-refractivity contribution in [3.8, 4) is 5.75 Å². The van der Waals surface area contributed by atoms with E-state index in [1.807, 2.05) is 6.07 Å². The predicted molar refractivity (Wildman–Crippen MR) is 81.4 cm³/mol. The van der Waals surface area contributed by atoms with Gasteiger partial charge < -0.3 is 14.7 Å². The molecule has 5 nitrogen and oxygen atoms in total. The van der Waals surface area contributed by atoms with E-state index in [9.17, 15) is 14.7 Å². The number of phenolic OH excluding ortho intramolecular Hbond substituents is 1. The molecule has 0 radical (unpaired) electrons. The van der Waals surface area contributed by atoms with Crippen LogP contribution in [0.15, 0.2) is 54.6 Å². The van der Waals surface area contributed by atoms with Gasteiger partial charge in [-0.2, -0.15) is 0 Å². The molecule has 22 heavy (non-hydrogen) atoms. The monoisotopic (exact) mass is 299 g/mol. The van der Waals surface area contributed by atoms with E-state index in [0.717, 1.165) is 0 Å². The smallest absolute Gasteiger partial charge is 0.339 e. The average molecular weight is 299 g/mol. The molecule has 5 heteroatoms. The molecule has 1 N–H and O–H groups in total. The third-order valence-corrected chi connectivity index (χ3v) is 3.10. The normalized spacial score (nSPS) is 11.5. The Balaban J connectivity index is 2.25. The largest absolute Gasteiger partial charge is 0.508 e. The summed E-state index contributed by atoms with van der Waals surface area (Å²) in [4.78, 5) is 25.8. The summed E-state index contributed by atoms with van der Waals surface area (Å²) in [5, 5.41) is 9.25. The first-order chi connectivity index (χ1) is 10.5. The lowest BCUT2D eigenvalue weighted by atomic mass is 10.1. The van der Waals surface area contributed by atoms with Gasteiger partial charge in [0.25, 0.3) is 5.91 Å². The summed E-state index contributed by atoms with van der Waals surface area (Å²) in [5.74, 6) is -0.886. The molecule has 1 unspecified atom stereocenters. The average Bonchev–Trinajstić information content (AvgIpc) is 2.53. The van der Waals surface area contributed by atoms with Crippen LogP contribution in [-0.2, 0) is 9.53 Å². The third-order valence-electron chi connectivity index (χ3n) is 3.10. The number of nitrogens with zero attached hydrogens (tertiary/aromatic N) is 1. The number of carbonyl (C=O) groups excluding carboxylic acids is 2. The molecule has 0 aliphatic heterocycles. The van der Waals surface area contributed by atoms with Crippen molar-refractivity contribution in [2.75, 3.05) is 14.1 Å². The number of ether oxygens (including phenoxy) is 1. The van der Waals surface area contributed by atoms with Gasteiger partial charge in [0, 0.05) is 19.7 Å². The van der Waals surface area contributed by atoms with Crippen LogP contribution in [0.4, 0.5) is 0 Å². The van der Waals surface area contributed by atoms with Gasteiger partial charge in [-0.25, -0.2) is 4.79 Å². The van der Waals surface area contributed by atoms with Gasteiger partial charge in [-0.3, -0.25) is 4.79 Å². The zero-order valence-electron chi connectivity index (χ0n) is 12.4. The van der Waals surface area contributed by atoms with E-state index in [1.54, 1.807) is 38.4 Å². The highest BCUT2D eigenvalue weighted by Gasteiger charge is 2.26. The number of hydrogen-bond donors (Lipinski definition) is 1. The van der Waals surface area contributed by atoms with E-state index in [4.69, 9.17) is 4.74 Å². The SMILES string of the molecule is CN(C)C(=O)C(OC(=O)c1ccc(O)cc1)c1ccccc1. The highest BCUT2D eigenvalue weighted by Crippen LogP contribution is 2.21. The molecule has 0 aromatic heterocycles. The zero-order valence-corrected chi connectivity index (χ0v) is 12.4. The van der Waals surface area contributed by atoms with E-state index in [2.05, 4.69) is 0 Å². The number of likely N-dealkylation sites (N-methyl/N-ethyl adjacent to an activating group) is 1. The summed E-state index contributed by atoms with van der Waals surface area (Å²) >= 11 is 0. The maximum Gasteiger partial charge on any atom is 0.339 e. The second-order valence-electron chi connectivity index (χ2n) is 4.98. The second-order valence-corrected chi connectivity index (χ2v) is 4.98. The quantitative estimate of drug-likeness (QED) is 0.880. The fraction of sp³-hybridized carbons (Fsp3) is 0.176. The molecule has 0 saturated heterocycles. The van der Waals surface area contributed by atoms with Gasteiger partial charge in [0.2, 0.25) is 6.10 Å². The number of carbonyl (C=O) groups is 2. The molecule has 114 valence electrons. The van der Waals surface area contributed by atoms with E-state index >= 15 is 0 Å². The van der Waals surface area contributed by atoms with E-state index in [-0.39, 0.29) is 17.2 Å². The van der Waals surface area contributed by atoms with Gasteiger partial charge in [-0.05, 0) is 24.3 Å². The van der Waals surface area contributed by atoms with Crippen LogP contribution in [-0.4, -0.2) is 36.0 Å². The fourth-order valence-electron chi connectivity index (χ4n) is 1.90. The lowest BCUT2D eigenvalue weighted by molar-refractivity contribution is -0.138.